The van der Waals surface area contributed by atoms with E-state index in [1.807, 2.05) is 0 Å². The number of fused-ring (bicyclic) bond motifs is 1. The molecule has 0 atom stereocenters. The minimum Gasteiger partial charge on any atom is -0.497 e. The summed E-state index contributed by atoms with van der Waals surface area (Å²) in [6.07, 6.45) is 1.16. The van der Waals surface area contributed by atoms with Crippen LogP contribution in [0, 0.1) is 10.1 Å². The zero-order valence-corrected chi connectivity index (χ0v) is 14.2. The van der Waals surface area contributed by atoms with Gasteiger partial charge in [-0.25, -0.2) is 5.43 Å². The van der Waals surface area contributed by atoms with E-state index in [0.29, 0.717) is 17.2 Å². The van der Waals surface area contributed by atoms with Crippen molar-refractivity contribution in [2.24, 2.45) is 5.10 Å². The molecule has 1 amide bonds. The lowest BCUT2D eigenvalue weighted by Crippen LogP contribution is -2.24. The molecule has 27 heavy (non-hydrogen) atoms. The van der Waals surface area contributed by atoms with Gasteiger partial charge in [-0.2, -0.15) is 5.10 Å². The van der Waals surface area contributed by atoms with Crippen LogP contribution in [0.2, 0.25) is 0 Å². The van der Waals surface area contributed by atoms with Crippen molar-refractivity contribution in [3.05, 3.63) is 52.1 Å². The fourth-order valence-corrected chi connectivity index (χ4v) is 2.24. The van der Waals surface area contributed by atoms with E-state index < -0.39 is 10.8 Å². The molecule has 0 spiro atoms. The highest BCUT2D eigenvalue weighted by atomic mass is 16.7. The number of hydrogen-bond donors (Lipinski definition) is 1. The number of methoxy groups -OCH3 is 1. The van der Waals surface area contributed by atoms with E-state index in [2.05, 4.69) is 10.5 Å². The molecule has 0 radical (unpaired) electrons. The number of carbonyl (C=O) groups is 1. The van der Waals surface area contributed by atoms with Crippen molar-refractivity contribution >= 4 is 17.8 Å². The molecule has 0 saturated carbocycles. The summed E-state index contributed by atoms with van der Waals surface area (Å²) >= 11 is 0. The Morgan fingerprint density at radius 3 is 2.59 bits per heavy atom. The molecule has 1 N–H and O–H groups in total. The van der Waals surface area contributed by atoms with Crippen LogP contribution in [0.25, 0.3) is 0 Å². The van der Waals surface area contributed by atoms with E-state index in [-0.39, 0.29) is 30.4 Å². The third-order valence-electron chi connectivity index (χ3n) is 3.54. The second kappa shape index (κ2) is 8.04. The Morgan fingerprint density at radius 1 is 1.26 bits per heavy atom. The first-order valence-corrected chi connectivity index (χ1v) is 7.73. The Hall–Kier alpha value is -3.82. The van der Waals surface area contributed by atoms with Gasteiger partial charge < -0.3 is 18.9 Å². The highest BCUT2D eigenvalue weighted by Crippen LogP contribution is 2.37. The van der Waals surface area contributed by atoms with E-state index in [1.54, 1.807) is 31.4 Å². The number of hydrogen-bond acceptors (Lipinski definition) is 8. The smallest absolute Gasteiger partial charge is 0.282 e. The number of nitrogens with one attached hydrogen (secondary N) is 1. The molecule has 0 aliphatic carbocycles. The Labute approximate surface area is 153 Å². The molecular weight excluding hydrogens is 358 g/mol. The molecule has 1 heterocycles. The Bertz CT molecular complexity index is 881. The number of nitro groups is 1. The first kappa shape index (κ1) is 18.0. The predicted molar refractivity (Wildman–Crippen MR) is 93.4 cm³/mol. The van der Waals surface area contributed by atoms with Gasteiger partial charge in [0.05, 0.1) is 29.9 Å². The largest absolute Gasteiger partial charge is 0.497 e. The molecule has 1 aliphatic heterocycles. The zero-order valence-electron chi connectivity index (χ0n) is 14.2. The molecule has 2 aromatic carbocycles. The van der Waals surface area contributed by atoms with Crippen molar-refractivity contribution in [3.8, 4) is 23.0 Å². The van der Waals surface area contributed by atoms with Crippen molar-refractivity contribution in [1.82, 2.24) is 5.43 Å². The van der Waals surface area contributed by atoms with E-state index in [4.69, 9.17) is 18.9 Å². The van der Waals surface area contributed by atoms with Gasteiger partial charge in [0, 0.05) is 0 Å². The molecule has 140 valence electrons. The molecule has 1 aliphatic rings. The number of rotatable bonds is 7. The Balaban J connectivity index is 1.58. The van der Waals surface area contributed by atoms with Gasteiger partial charge in [-0.15, -0.1) is 0 Å². The maximum absolute atomic E-state index is 11.8. The van der Waals surface area contributed by atoms with Gasteiger partial charge in [-0.1, -0.05) is 0 Å². The standard InChI is InChI=1S/C17H15N3O7/c1-24-12-2-4-13(5-3-12)25-9-17(21)19-18-8-11-6-15-16(27-10-26-15)7-14(11)20(22)23/h2-8H,9-10H2,1H3,(H,19,21). The quantitative estimate of drug-likeness (QED) is 0.446. The second-order valence-electron chi connectivity index (χ2n) is 5.28. The van der Waals surface area contributed by atoms with Crippen molar-refractivity contribution in [2.75, 3.05) is 20.5 Å². The molecule has 3 rings (SSSR count). The summed E-state index contributed by atoms with van der Waals surface area (Å²) in [4.78, 5) is 22.4. The zero-order chi connectivity index (χ0) is 19.2. The minimum absolute atomic E-state index is 0.00742. The third-order valence-corrected chi connectivity index (χ3v) is 3.54. The molecule has 0 bridgehead atoms. The number of amides is 1. The van der Waals surface area contributed by atoms with E-state index >= 15 is 0 Å². The highest BCUT2D eigenvalue weighted by molar-refractivity contribution is 5.88. The maximum Gasteiger partial charge on any atom is 0.282 e. The number of nitrogens with zero attached hydrogens (tertiary/aromatic N) is 2. The first-order valence-electron chi connectivity index (χ1n) is 7.73. The fraction of sp³-hybridized carbons (Fsp3) is 0.176. The summed E-state index contributed by atoms with van der Waals surface area (Å²) < 4.78 is 20.6. The average Bonchev–Trinajstić information content (AvgIpc) is 3.13. The van der Waals surface area contributed by atoms with Crippen molar-refractivity contribution < 1.29 is 28.7 Å². The lowest BCUT2D eigenvalue weighted by atomic mass is 10.1. The molecule has 10 heteroatoms. The van der Waals surface area contributed by atoms with Gasteiger partial charge in [0.25, 0.3) is 11.6 Å². The molecule has 0 unspecified atom stereocenters. The van der Waals surface area contributed by atoms with Gasteiger partial charge in [-0.05, 0) is 30.3 Å². The van der Waals surface area contributed by atoms with Gasteiger partial charge in [0.2, 0.25) is 6.79 Å². The lowest BCUT2D eigenvalue weighted by Gasteiger charge is -2.06. The Kier molecular flexibility index (Phi) is 5.36. The van der Waals surface area contributed by atoms with Gasteiger partial charge in [0.1, 0.15) is 11.5 Å². The van der Waals surface area contributed by atoms with E-state index in [0.717, 1.165) is 6.21 Å². The number of hydrazone groups is 1. The molecule has 10 nitrogen and oxygen atoms in total. The number of carbonyl (C=O) groups excluding carboxylic acids is 1. The third kappa shape index (κ3) is 4.42. The number of nitro benzene ring substituents is 1. The van der Waals surface area contributed by atoms with Gasteiger partial charge in [-0.3, -0.25) is 14.9 Å². The maximum atomic E-state index is 11.8. The Morgan fingerprint density at radius 2 is 1.93 bits per heavy atom. The SMILES string of the molecule is COc1ccc(OCC(=O)NN=Cc2cc3c(cc2[N+](=O)[O-])OCO3)cc1. The summed E-state index contributed by atoms with van der Waals surface area (Å²) in [7, 11) is 1.55. The lowest BCUT2D eigenvalue weighted by molar-refractivity contribution is -0.385. The minimum atomic E-state index is -0.572. The highest BCUT2D eigenvalue weighted by Gasteiger charge is 2.22. The van der Waals surface area contributed by atoms with Crippen LogP contribution in [0.1, 0.15) is 5.56 Å². The normalized spacial score (nSPS) is 12.0. The second-order valence-corrected chi connectivity index (χ2v) is 5.28. The van der Waals surface area contributed by atoms with Crippen LogP contribution in [-0.4, -0.2) is 37.6 Å². The van der Waals surface area contributed by atoms with Crippen molar-refractivity contribution in [2.45, 2.75) is 0 Å². The molecule has 0 aromatic heterocycles. The van der Waals surface area contributed by atoms with Gasteiger partial charge in [0.15, 0.2) is 18.1 Å². The first-order chi connectivity index (χ1) is 13.1. The van der Waals surface area contributed by atoms with Crippen LogP contribution in [0.3, 0.4) is 0 Å². The van der Waals surface area contributed by atoms with Crippen LogP contribution < -0.4 is 24.4 Å². The average molecular weight is 373 g/mol. The topological polar surface area (TPSA) is 122 Å². The summed E-state index contributed by atoms with van der Waals surface area (Å²) in [6, 6.07) is 9.38. The molecule has 0 saturated heterocycles. The number of ether oxygens (including phenoxy) is 4. The summed E-state index contributed by atoms with van der Waals surface area (Å²) in [5.41, 5.74) is 2.20. The molecule has 0 fully saturated rings. The summed E-state index contributed by atoms with van der Waals surface area (Å²) in [5, 5.41) is 14.9. The number of benzene rings is 2. The summed E-state index contributed by atoms with van der Waals surface area (Å²) in [6.45, 7) is -0.278. The summed E-state index contributed by atoms with van der Waals surface area (Å²) in [5.74, 6) is 1.29. The van der Waals surface area contributed by atoms with Crippen LogP contribution in [0.5, 0.6) is 23.0 Å². The van der Waals surface area contributed by atoms with E-state index in [1.165, 1.54) is 12.1 Å². The monoisotopic (exact) mass is 373 g/mol. The van der Waals surface area contributed by atoms with Crippen molar-refractivity contribution in [1.29, 1.82) is 0 Å². The van der Waals surface area contributed by atoms with Crippen LogP contribution >= 0.6 is 0 Å². The molecular formula is C17H15N3O7. The van der Waals surface area contributed by atoms with Crippen LogP contribution in [0.4, 0.5) is 5.69 Å². The van der Waals surface area contributed by atoms with Crippen LogP contribution in [-0.2, 0) is 4.79 Å². The van der Waals surface area contributed by atoms with Gasteiger partial charge >= 0.3 is 0 Å². The van der Waals surface area contributed by atoms with Crippen LogP contribution in [0.15, 0.2) is 41.5 Å². The van der Waals surface area contributed by atoms with Crippen molar-refractivity contribution in [3.63, 3.8) is 0 Å². The predicted octanol–water partition coefficient (Wildman–Crippen LogP) is 1.86. The van der Waals surface area contributed by atoms with E-state index in [9.17, 15) is 14.9 Å². The molecule has 2 aromatic rings. The fourth-order valence-electron chi connectivity index (χ4n) is 2.24.